The molecule has 2 aliphatic rings. The summed E-state index contributed by atoms with van der Waals surface area (Å²) in [5.41, 5.74) is 0. The number of aliphatic imine (C=N–C) groups is 1. The first-order valence-electron chi connectivity index (χ1n) is 7.87. The lowest BCUT2D eigenvalue weighted by atomic mass is 9.96. The van der Waals surface area contributed by atoms with Gasteiger partial charge in [0.05, 0.1) is 18.2 Å². The van der Waals surface area contributed by atoms with E-state index in [-0.39, 0.29) is 24.0 Å². The molecule has 0 spiro atoms. The van der Waals surface area contributed by atoms with E-state index in [1.807, 2.05) is 4.57 Å². The molecule has 0 amide bonds. The molecule has 2 N–H and O–H groups in total. The fourth-order valence-electron chi connectivity index (χ4n) is 3.10. The second kappa shape index (κ2) is 8.09. The van der Waals surface area contributed by atoms with Crippen molar-refractivity contribution in [2.45, 2.75) is 64.4 Å². The minimum Gasteiger partial charge on any atom is -0.373 e. The van der Waals surface area contributed by atoms with Crippen LogP contribution in [-0.4, -0.2) is 45.5 Å². The van der Waals surface area contributed by atoms with Gasteiger partial charge in [0.2, 0.25) is 0 Å². The molecular formula is C14H25IN6O. The van der Waals surface area contributed by atoms with Gasteiger partial charge in [-0.05, 0) is 33.1 Å². The lowest BCUT2D eigenvalue weighted by molar-refractivity contribution is 0.0992. The largest absolute Gasteiger partial charge is 0.373 e. The molecule has 1 aromatic heterocycles. The Kier molecular flexibility index (Phi) is 6.42. The maximum Gasteiger partial charge on any atom is 0.192 e. The predicted molar refractivity (Wildman–Crippen MR) is 95.4 cm³/mol. The lowest BCUT2D eigenvalue weighted by Crippen LogP contribution is -2.47. The van der Waals surface area contributed by atoms with Crippen LogP contribution in [0.1, 0.15) is 38.9 Å². The Morgan fingerprint density at radius 3 is 2.95 bits per heavy atom. The smallest absolute Gasteiger partial charge is 0.192 e. The number of halogens is 1. The fraction of sp³-hybridized carbons (Fsp3) is 0.786. The molecule has 3 unspecified atom stereocenters. The number of aromatic nitrogens is 3. The summed E-state index contributed by atoms with van der Waals surface area (Å²) in [6.45, 7) is 6.39. The first-order chi connectivity index (χ1) is 10.3. The number of aryl methyl sites for hydroxylation is 1. The molecule has 0 radical (unpaired) electrons. The highest BCUT2D eigenvalue weighted by Crippen LogP contribution is 2.34. The highest BCUT2D eigenvalue weighted by atomic mass is 127. The number of ether oxygens (including phenoxy) is 1. The van der Waals surface area contributed by atoms with E-state index in [4.69, 9.17) is 4.74 Å². The molecule has 124 valence electrons. The number of nitrogens with zero attached hydrogens (tertiary/aromatic N) is 4. The van der Waals surface area contributed by atoms with Gasteiger partial charge in [-0.1, -0.05) is 0 Å². The maximum absolute atomic E-state index is 5.88. The van der Waals surface area contributed by atoms with E-state index in [1.165, 1.54) is 6.42 Å². The molecule has 2 aliphatic heterocycles. The summed E-state index contributed by atoms with van der Waals surface area (Å²) < 4.78 is 7.89. The van der Waals surface area contributed by atoms with Crippen LogP contribution in [0.5, 0.6) is 0 Å². The van der Waals surface area contributed by atoms with Gasteiger partial charge < -0.3 is 19.9 Å². The summed E-state index contributed by atoms with van der Waals surface area (Å²) in [5.74, 6) is 1.73. The van der Waals surface area contributed by atoms with E-state index in [9.17, 15) is 0 Å². The van der Waals surface area contributed by atoms with Crippen LogP contribution in [0.2, 0.25) is 0 Å². The van der Waals surface area contributed by atoms with E-state index in [2.05, 4.69) is 39.7 Å². The molecule has 0 aliphatic carbocycles. The number of guanidine groups is 1. The van der Waals surface area contributed by atoms with Crippen molar-refractivity contribution in [2.75, 3.05) is 6.54 Å². The van der Waals surface area contributed by atoms with E-state index in [0.29, 0.717) is 24.8 Å². The standard InChI is InChI=1S/C14H24N6O.HI/c1-3-15-14(16-8-13-19-17-9-20(13)4-2)18-11-7-10-5-6-12(11)21-10;/h9-12H,3-8H2,1-2H3,(H2,15,16,18);1H. The quantitative estimate of drug-likeness (QED) is 0.427. The van der Waals surface area contributed by atoms with Crippen molar-refractivity contribution < 1.29 is 4.74 Å². The molecule has 22 heavy (non-hydrogen) atoms. The van der Waals surface area contributed by atoms with Gasteiger partial charge in [0.1, 0.15) is 12.9 Å². The van der Waals surface area contributed by atoms with Gasteiger partial charge in [0, 0.05) is 13.1 Å². The lowest BCUT2D eigenvalue weighted by Gasteiger charge is -2.22. The number of hydrogen-bond donors (Lipinski definition) is 2. The van der Waals surface area contributed by atoms with Gasteiger partial charge in [0.25, 0.3) is 0 Å². The molecule has 2 fully saturated rings. The molecule has 3 heterocycles. The third kappa shape index (κ3) is 3.89. The zero-order valence-corrected chi connectivity index (χ0v) is 15.5. The number of fused-ring (bicyclic) bond motifs is 2. The molecule has 0 aromatic carbocycles. The summed E-state index contributed by atoms with van der Waals surface area (Å²) in [5, 5.41) is 14.8. The average Bonchev–Trinajstić information content (AvgIpc) is 3.20. The molecule has 2 bridgehead atoms. The maximum atomic E-state index is 5.88. The van der Waals surface area contributed by atoms with Gasteiger partial charge >= 0.3 is 0 Å². The van der Waals surface area contributed by atoms with Gasteiger partial charge in [-0.3, -0.25) is 0 Å². The van der Waals surface area contributed by atoms with Crippen molar-refractivity contribution in [1.29, 1.82) is 0 Å². The summed E-state index contributed by atoms with van der Waals surface area (Å²) in [4.78, 5) is 4.63. The van der Waals surface area contributed by atoms with Gasteiger partial charge in [-0.25, -0.2) is 4.99 Å². The molecule has 8 heteroatoms. The van der Waals surface area contributed by atoms with Gasteiger partial charge in [0.15, 0.2) is 11.8 Å². The SMILES string of the molecule is CCNC(=NCc1nncn1CC)NC1CC2CCC1O2.I. The molecule has 7 nitrogen and oxygen atoms in total. The Bertz CT molecular complexity index is 505. The third-order valence-electron chi connectivity index (χ3n) is 4.19. The van der Waals surface area contributed by atoms with Crippen LogP contribution in [0.4, 0.5) is 0 Å². The highest BCUT2D eigenvalue weighted by molar-refractivity contribution is 14.0. The Labute approximate surface area is 148 Å². The van der Waals surface area contributed by atoms with Gasteiger partial charge in [-0.2, -0.15) is 0 Å². The minimum atomic E-state index is 0. The average molecular weight is 420 g/mol. The van der Waals surface area contributed by atoms with Crippen LogP contribution in [0.25, 0.3) is 0 Å². The van der Waals surface area contributed by atoms with E-state index >= 15 is 0 Å². The zero-order chi connectivity index (χ0) is 14.7. The van der Waals surface area contributed by atoms with E-state index in [1.54, 1.807) is 6.33 Å². The van der Waals surface area contributed by atoms with Crippen molar-refractivity contribution in [3.63, 3.8) is 0 Å². The van der Waals surface area contributed by atoms with Crippen molar-refractivity contribution >= 4 is 29.9 Å². The summed E-state index contributed by atoms with van der Waals surface area (Å²) in [6, 6.07) is 0.380. The second-order valence-corrected chi connectivity index (χ2v) is 5.59. The zero-order valence-electron chi connectivity index (χ0n) is 13.2. The number of hydrogen-bond acceptors (Lipinski definition) is 4. The Hall–Kier alpha value is -0.900. The molecule has 3 atom stereocenters. The monoisotopic (exact) mass is 420 g/mol. The van der Waals surface area contributed by atoms with Crippen molar-refractivity contribution in [1.82, 2.24) is 25.4 Å². The highest BCUT2D eigenvalue weighted by Gasteiger charge is 2.41. The summed E-state index contributed by atoms with van der Waals surface area (Å²) in [6.07, 6.45) is 5.98. The third-order valence-corrected chi connectivity index (χ3v) is 4.19. The Morgan fingerprint density at radius 2 is 2.32 bits per heavy atom. The van der Waals surface area contributed by atoms with Crippen molar-refractivity contribution in [3.8, 4) is 0 Å². The summed E-state index contributed by atoms with van der Waals surface area (Å²) >= 11 is 0. The summed E-state index contributed by atoms with van der Waals surface area (Å²) in [7, 11) is 0. The first kappa shape index (κ1) is 17.5. The van der Waals surface area contributed by atoms with E-state index < -0.39 is 0 Å². The molecule has 3 rings (SSSR count). The topological polar surface area (TPSA) is 76.4 Å². The number of rotatable bonds is 5. The van der Waals surface area contributed by atoms with Crippen LogP contribution in [0.3, 0.4) is 0 Å². The molecule has 1 aromatic rings. The minimum absolute atomic E-state index is 0. The fourth-order valence-corrected chi connectivity index (χ4v) is 3.10. The first-order valence-corrected chi connectivity index (χ1v) is 7.87. The van der Waals surface area contributed by atoms with Gasteiger partial charge in [-0.15, -0.1) is 34.2 Å². The van der Waals surface area contributed by atoms with Crippen LogP contribution in [0, 0.1) is 0 Å². The Morgan fingerprint density at radius 1 is 1.45 bits per heavy atom. The predicted octanol–water partition coefficient (Wildman–Crippen LogP) is 1.29. The van der Waals surface area contributed by atoms with Crippen molar-refractivity contribution in [2.24, 2.45) is 4.99 Å². The van der Waals surface area contributed by atoms with E-state index in [0.717, 1.165) is 37.7 Å². The molecule has 2 saturated heterocycles. The van der Waals surface area contributed by atoms with Crippen molar-refractivity contribution in [3.05, 3.63) is 12.2 Å². The van der Waals surface area contributed by atoms with Crippen LogP contribution in [-0.2, 0) is 17.8 Å². The van der Waals surface area contributed by atoms with Crippen LogP contribution in [0.15, 0.2) is 11.3 Å². The van der Waals surface area contributed by atoms with Crippen LogP contribution < -0.4 is 10.6 Å². The normalized spacial score (nSPS) is 26.8. The number of nitrogens with one attached hydrogen (secondary N) is 2. The molecular weight excluding hydrogens is 395 g/mol. The van der Waals surface area contributed by atoms with Crippen LogP contribution >= 0.6 is 24.0 Å². The Balaban J connectivity index is 0.00000176. The second-order valence-electron chi connectivity index (χ2n) is 5.59. The molecule has 0 saturated carbocycles.